The van der Waals surface area contributed by atoms with Crippen LogP contribution in [0.4, 0.5) is 0 Å². The van der Waals surface area contributed by atoms with Crippen molar-refractivity contribution < 1.29 is 0 Å². The summed E-state index contributed by atoms with van der Waals surface area (Å²) in [7, 11) is 0. The smallest absolute Gasteiger partial charge is 0.0406 e. The zero-order chi connectivity index (χ0) is 13.9. The van der Waals surface area contributed by atoms with Crippen LogP contribution in [-0.4, -0.2) is 6.54 Å². The van der Waals surface area contributed by atoms with Crippen LogP contribution in [0, 0.1) is 6.92 Å². The summed E-state index contributed by atoms with van der Waals surface area (Å²) >= 11 is 5.90. The molecule has 104 valence electrons. The van der Waals surface area contributed by atoms with Crippen LogP contribution >= 0.6 is 11.6 Å². The highest BCUT2D eigenvalue weighted by Gasteiger charge is 2.21. The van der Waals surface area contributed by atoms with Gasteiger partial charge in [-0.1, -0.05) is 47.5 Å². The number of rotatable bonds is 4. The van der Waals surface area contributed by atoms with Gasteiger partial charge in [-0.15, -0.1) is 0 Å². The lowest BCUT2D eigenvalue weighted by molar-refractivity contribution is 0.533. The number of aryl methyl sites for hydroxylation is 2. The molecule has 2 heteroatoms. The second kappa shape index (κ2) is 5.99. The van der Waals surface area contributed by atoms with Gasteiger partial charge in [0.2, 0.25) is 0 Å². The Hall–Kier alpha value is -1.31. The molecule has 0 fully saturated rings. The molecule has 2 aromatic rings. The maximum absolute atomic E-state index is 5.90. The van der Waals surface area contributed by atoms with Gasteiger partial charge in [-0.3, -0.25) is 0 Å². The molecule has 0 amide bonds. The van der Waals surface area contributed by atoms with Crippen LogP contribution in [0.25, 0.3) is 0 Å². The standard InChI is InChI=1S/C18H20ClN/c1-13-2-5-15-6-9-18(17(15)12-13)20-11-10-14-3-7-16(19)8-4-14/h2-5,7-8,12,18,20H,6,9-11H2,1H3. The second-order valence-electron chi connectivity index (χ2n) is 5.62. The van der Waals surface area contributed by atoms with Gasteiger partial charge in [0.25, 0.3) is 0 Å². The van der Waals surface area contributed by atoms with Gasteiger partial charge in [0, 0.05) is 11.1 Å². The van der Waals surface area contributed by atoms with Gasteiger partial charge in [-0.2, -0.15) is 0 Å². The zero-order valence-electron chi connectivity index (χ0n) is 11.8. The monoisotopic (exact) mass is 285 g/mol. The summed E-state index contributed by atoms with van der Waals surface area (Å²) in [6.07, 6.45) is 3.47. The highest BCUT2D eigenvalue weighted by atomic mass is 35.5. The van der Waals surface area contributed by atoms with Gasteiger partial charge in [-0.05, 0) is 61.6 Å². The first-order valence-corrected chi connectivity index (χ1v) is 7.67. The third-order valence-electron chi connectivity index (χ3n) is 4.10. The molecule has 0 saturated carbocycles. The van der Waals surface area contributed by atoms with E-state index in [2.05, 4.69) is 42.6 Å². The number of fused-ring (bicyclic) bond motifs is 1. The third kappa shape index (κ3) is 3.05. The lowest BCUT2D eigenvalue weighted by atomic mass is 10.0. The van der Waals surface area contributed by atoms with Crippen molar-refractivity contribution in [3.63, 3.8) is 0 Å². The molecule has 20 heavy (non-hydrogen) atoms. The molecule has 0 aliphatic heterocycles. The summed E-state index contributed by atoms with van der Waals surface area (Å²) in [5.74, 6) is 0. The molecule has 1 atom stereocenters. The minimum Gasteiger partial charge on any atom is -0.310 e. The fourth-order valence-electron chi connectivity index (χ4n) is 2.98. The molecule has 1 N–H and O–H groups in total. The highest BCUT2D eigenvalue weighted by Crippen LogP contribution is 2.31. The molecule has 1 aliphatic rings. The van der Waals surface area contributed by atoms with E-state index in [0.29, 0.717) is 6.04 Å². The van der Waals surface area contributed by atoms with E-state index in [1.54, 1.807) is 0 Å². The highest BCUT2D eigenvalue weighted by molar-refractivity contribution is 6.30. The van der Waals surface area contributed by atoms with E-state index in [9.17, 15) is 0 Å². The van der Waals surface area contributed by atoms with Crippen molar-refractivity contribution >= 4 is 11.6 Å². The van der Waals surface area contributed by atoms with E-state index in [4.69, 9.17) is 11.6 Å². The topological polar surface area (TPSA) is 12.0 Å². The van der Waals surface area contributed by atoms with E-state index in [-0.39, 0.29) is 0 Å². The van der Waals surface area contributed by atoms with E-state index in [1.807, 2.05) is 12.1 Å². The molecule has 0 bridgehead atoms. The molecular formula is C18H20ClN. The Balaban J connectivity index is 1.58. The first-order chi connectivity index (χ1) is 9.72. The van der Waals surface area contributed by atoms with Gasteiger partial charge < -0.3 is 5.32 Å². The maximum Gasteiger partial charge on any atom is 0.0406 e. The van der Waals surface area contributed by atoms with Crippen molar-refractivity contribution in [1.29, 1.82) is 0 Å². The minimum atomic E-state index is 0.525. The summed E-state index contributed by atoms with van der Waals surface area (Å²) in [5, 5.41) is 4.50. The molecule has 0 heterocycles. The first-order valence-electron chi connectivity index (χ1n) is 7.29. The molecule has 0 spiro atoms. The molecule has 2 aromatic carbocycles. The van der Waals surface area contributed by atoms with Crippen LogP contribution in [0.5, 0.6) is 0 Å². The van der Waals surface area contributed by atoms with Crippen LogP contribution < -0.4 is 5.32 Å². The van der Waals surface area contributed by atoms with E-state index in [0.717, 1.165) is 18.0 Å². The molecule has 0 aromatic heterocycles. The Kier molecular flexibility index (Phi) is 4.09. The minimum absolute atomic E-state index is 0.525. The normalized spacial score (nSPS) is 17.2. The summed E-state index contributed by atoms with van der Waals surface area (Å²) in [6.45, 7) is 3.18. The van der Waals surface area contributed by atoms with E-state index in [1.165, 1.54) is 35.1 Å². The van der Waals surface area contributed by atoms with E-state index < -0.39 is 0 Å². The number of benzene rings is 2. The predicted molar refractivity (Wildman–Crippen MR) is 85.4 cm³/mol. The van der Waals surface area contributed by atoms with Gasteiger partial charge in [0.05, 0.1) is 0 Å². The summed E-state index contributed by atoms with van der Waals surface area (Å²) in [4.78, 5) is 0. The molecule has 1 aliphatic carbocycles. The lowest BCUT2D eigenvalue weighted by Crippen LogP contribution is -2.21. The van der Waals surface area contributed by atoms with Gasteiger partial charge in [0.1, 0.15) is 0 Å². The summed E-state index contributed by atoms with van der Waals surface area (Å²) in [5.41, 5.74) is 5.71. The van der Waals surface area contributed by atoms with Crippen molar-refractivity contribution in [2.75, 3.05) is 6.54 Å². The molecule has 0 saturated heterocycles. The van der Waals surface area contributed by atoms with E-state index >= 15 is 0 Å². The molecule has 0 radical (unpaired) electrons. The second-order valence-corrected chi connectivity index (χ2v) is 6.06. The molecule has 1 nitrogen and oxygen atoms in total. The van der Waals surface area contributed by atoms with Crippen LogP contribution in [0.15, 0.2) is 42.5 Å². The molecule has 1 unspecified atom stereocenters. The van der Waals surface area contributed by atoms with Crippen LogP contribution in [0.2, 0.25) is 5.02 Å². The fourth-order valence-corrected chi connectivity index (χ4v) is 3.10. The third-order valence-corrected chi connectivity index (χ3v) is 4.35. The fraction of sp³-hybridized carbons (Fsp3) is 0.333. The largest absolute Gasteiger partial charge is 0.310 e. The number of hydrogen-bond donors (Lipinski definition) is 1. The van der Waals surface area contributed by atoms with Crippen molar-refractivity contribution in [2.24, 2.45) is 0 Å². The summed E-state index contributed by atoms with van der Waals surface area (Å²) in [6, 6.07) is 15.5. The molecular weight excluding hydrogens is 266 g/mol. The molecule has 3 rings (SSSR count). The van der Waals surface area contributed by atoms with Crippen LogP contribution in [-0.2, 0) is 12.8 Å². The van der Waals surface area contributed by atoms with Gasteiger partial charge in [0.15, 0.2) is 0 Å². The maximum atomic E-state index is 5.90. The average molecular weight is 286 g/mol. The average Bonchev–Trinajstić information content (AvgIpc) is 2.84. The Morgan fingerprint density at radius 2 is 1.95 bits per heavy atom. The Morgan fingerprint density at radius 1 is 1.15 bits per heavy atom. The number of halogens is 1. The number of nitrogens with one attached hydrogen (secondary N) is 1. The zero-order valence-corrected chi connectivity index (χ0v) is 12.6. The predicted octanol–water partition coefficient (Wildman–Crippen LogP) is 4.47. The van der Waals surface area contributed by atoms with Crippen molar-refractivity contribution in [3.8, 4) is 0 Å². The van der Waals surface area contributed by atoms with Crippen molar-refractivity contribution in [1.82, 2.24) is 5.32 Å². The first kappa shape index (κ1) is 13.7. The van der Waals surface area contributed by atoms with Gasteiger partial charge >= 0.3 is 0 Å². The van der Waals surface area contributed by atoms with Crippen LogP contribution in [0.1, 0.15) is 34.7 Å². The Morgan fingerprint density at radius 3 is 2.75 bits per heavy atom. The quantitative estimate of drug-likeness (QED) is 0.874. The number of hydrogen-bond acceptors (Lipinski definition) is 1. The van der Waals surface area contributed by atoms with Gasteiger partial charge in [-0.25, -0.2) is 0 Å². The Bertz CT molecular complexity index is 589. The summed E-state index contributed by atoms with van der Waals surface area (Å²) < 4.78 is 0. The van der Waals surface area contributed by atoms with Crippen molar-refractivity contribution in [3.05, 3.63) is 69.7 Å². The SMILES string of the molecule is Cc1ccc2c(c1)C(NCCc1ccc(Cl)cc1)CC2. The van der Waals surface area contributed by atoms with Crippen molar-refractivity contribution in [2.45, 2.75) is 32.2 Å². The van der Waals surface area contributed by atoms with Crippen LogP contribution in [0.3, 0.4) is 0 Å². The lowest BCUT2D eigenvalue weighted by Gasteiger charge is -2.14. The Labute approximate surface area is 126 Å².